The highest BCUT2D eigenvalue weighted by Crippen LogP contribution is 2.13. The second kappa shape index (κ2) is 5.77. The van der Waals surface area contributed by atoms with E-state index in [0.29, 0.717) is 31.3 Å². The maximum atomic E-state index is 12.1. The Balaban J connectivity index is 2.19. The highest BCUT2D eigenvalue weighted by Gasteiger charge is 2.22. The number of guanidine groups is 1. The summed E-state index contributed by atoms with van der Waals surface area (Å²) < 4.78 is 33.4. The Morgan fingerprint density at radius 2 is 1.84 bits per heavy atom. The van der Waals surface area contributed by atoms with Gasteiger partial charge in [-0.15, -0.1) is 0 Å². The predicted octanol–water partition coefficient (Wildman–Crippen LogP) is -0.0243. The second-order valence-corrected chi connectivity index (χ2v) is 6.16. The van der Waals surface area contributed by atoms with E-state index in [-0.39, 0.29) is 10.9 Å². The Morgan fingerprint density at radius 1 is 1.26 bits per heavy atom. The molecule has 8 heteroatoms. The van der Waals surface area contributed by atoms with Gasteiger partial charge in [0.25, 0.3) is 0 Å². The summed E-state index contributed by atoms with van der Waals surface area (Å²) in [6.45, 7) is 2.19. The minimum atomic E-state index is -3.68. The molecule has 0 amide bonds. The molecule has 2 rings (SSSR count). The van der Waals surface area contributed by atoms with Crippen LogP contribution in [-0.4, -0.2) is 45.3 Å². The third-order valence-corrected chi connectivity index (χ3v) is 4.34. The Labute approximate surface area is 116 Å². The number of hydrogen-bond donors (Lipinski definition) is 2. The van der Waals surface area contributed by atoms with Crippen LogP contribution in [0, 0.1) is 0 Å². The molecule has 1 heterocycles. The average Bonchev–Trinajstić information content (AvgIpc) is 2.40. The molecule has 1 aromatic carbocycles. The van der Waals surface area contributed by atoms with Crippen LogP contribution >= 0.6 is 11.6 Å². The zero-order valence-corrected chi connectivity index (χ0v) is 11.7. The van der Waals surface area contributed by atoms with Crippen LogP contribution < -0.4 is 10.5 Å². The molecule has 0 atom stereocenters. The highest BCUT2D eigenvalue weighted by atomic mass is 35.5. The Hall–Kier alpha value is -1.31. The largest absolute Gasteiger partial charge is 0.375 e. The summed E-state index contributed by atoms with van der Waals surface area (Å²) in [6, 6.07) is 5.89. The topological polar surface area (TPSA) is 84.4 Å². The van der Waals surface area contributed by atoms with Crippen molar-refractivity contribution in [1.82, 2.24) is 4.72 Å². The molecular formula is C11H15ClN3O3S+. The summed E-state index contributed by atoms with van der Waals surface area (Å²) in [5.74, 6) is 0.109. The summed E-state index contributed by atoms with van der Waals surface area (Å²) >= 11 is 5.72. The van der Waals surface area contributed by atoms with Crippen LogP contribution in [0.3, 0.4) is 0 Å². The third kappa shape index (κ3) is 3.59. The second-order valence-electron chi connectivity index (χ2n) is 4.04. The van der Waals surface area contributed by atoms with Crippen LogP contribution in [0.4, 0.5) is 0 Å². The van der Waals surface area contributed by atoms with Crippen LogP contribution in [0.25, 0.3) is 0 Å². The van der Waals surface area contributed by atoms with E-state index in [1.165, 1.54) is 24.3 Å². The maximum absolute atomic E-state index is 12.1. The van der Waals surface area contributed by atoms with E-state index in [1.54, 1.807) is 4.58 Å². The van der Waals surface area contributed by atoms with Gasteiger partial charge in [0, 0.05) is 5.02 Å². The minimum absolute atomic E-state index is 0.109. The van der Waals surface area contributed by atoms with Crippen molar-refractivity contribution in [1.29, 1.82) is 0 Å². The Morgan fingerprint density at radius 3 is 2.42 bits per heavy atom. The first-order chi connectivity index (χ1) is 8.99. The number of hydrogen-bond acceptors (Lipinski definition) is 3. The van der Waals surface area contributed by atoms with Gasteiger partial charge in [0.2, 0.25) is 0 Å². The first-order valence-corrected chi connectivity index (χ1v) is 7.59. The van der Waals surface area contributed by atoms with Gasteiger partial charge in [-0.05, 0) is 24.3 Å². The van der Waals surface area contributed by atoms with Gasteiger partial charge in [-0.25, -0.2) is 0 Å². The number of morpholine rings is 1. The fourth-order valence-corrected chi connectivity index (χ4v) is 2.82. The van der Waals surface area contributed by atoms with Crippen LogP contribution in [0.1, 0.15) is 0 Å². The van der Waals surface area contributed by atoms with Crippen LogP contribution in [0.5, 0.6) is 0 Å². The highest BCUT2D eigenvalue weighted by molar-refractivity contribution is 7.90. The van der Waals surface area contributed by atoms with Crippen molar-refractivity contribution in [2.75, 3.05) is 26.3 Å². The van der Waals surface area contributed by atoms with E-state index in [2.05, 4.69) is 4.72 Å². The molecule has 104 valence electrons. The number of benzene rings is 1. The smallest absolute Gasteiger partial charge is 0.358 e. The van der Waals surface area contributed by atoms with Crippen molar-refractivity contribution in [3.63, 3.8) is 0 Å². The number of ether oxygens (including phenoxy) is 1. The Kier molecular flexibility index (Phi) is 4.28. The number of nitrogens with two attached hydrogens (primary N) is 1. The summed E-state index contributed by atoms with van der Waals surface area (Å²) in [5.41, 5.74) is 5.77. The number of halogens is 1. The zero-order chi connectivity index (χ0) is 13.9. The molecule has 0 spiro atoms. The molecule has 0 saturated carbocycles. The molecule has 1 saturated heterocycles. The molecule has 0 aromatic heterocycles. The predicted molar refractivity (Wildman–Crippen MR) is 71.8 cm³/mol. The van der Waals surface area contributed by atoms with Crippen molar-refractivity contribution in [3.8, 4) is 0 Å². The number of nitrogens with zero attached hydrogens (tertiary/aromatic N) is 1. The molecule has 1 aliphatic rings. The van der Waals surface area contributed by atoms with E-state index >= 15 is 0 Å². The van der Waals surface area contributed by atoms with Gasteiger partial charge in [0.05, 0.1) is 26.3 Å². The van der Waals surface area contributed by atoms with Crippen molar-refractivity contribution in [2.24, 2.45) is 5.73 Å². The first kappa shape index (κ1) is 14.1. The van der Waals surface area contributed by atoms with Gasteiger partial charge < -0.3 is 4.74 Å². The molecule has 1 aromatic rings. The number of sulfonamides is 1. The normalized spacial score (nSPS) is 16.2. The molecule has 19 heavy (non-hydrogen) atoms. The van der Waals surface area contributed by atoms with Crippen molar-refractivity contribution < 1.29 is 17.7 Å². The minimum Gasteiger partial charge on any atom is -0.375 e. The molecule has 6 nitrogen and oxygen atoms in total. The average molecular weight is 305 g/mol. The first-order valence-electron chi connectivity index (χ1n) is 5.72. The lowest BCUT2D eigenvalue weighted by Crippen LogP contribution is -2.47. The van der Waals surface area contributed by atoms with Crippen LogP contribution in [0.15, 0.2) is 29.2 Å². The summed E-state index contributed by atoms with van der Waals surface area (Å²) in [4.78, 5) is 0.119. The maximum Gasteiger partial charge on any atom is 0.358 e. The van der Waals surface area contributed by atoms with E-state index < -0.39 is 10.0 Å². The fraction of sp³-hybridized carbons (Fsp3) is 0.364. The lowest BCUT2D eigenvalue weighted by atomic mass is 10.4. The molecule has 0 bridgehead atoms. The SMILES string of the molecule is NC(NS(=O)(=O)c1ccc(Cl)cc1)=[N+]1CCOCC1. The van der Waals surface area contributed by atoms with Gasteiger partial charge in [0.15, 0.2) is 0 Å². The van der Waals surface area contributed by atoms with E-state index in [1.807, 2.05) is 0 Å². The lowest BCUT2D eigenvalue weighted by Gasteiger charge is -2.16. The molecule has 1 fully saturated rings. The van der Waals surface area contributed by atoms with Crippen LogP contribution in [-0.2, 0) is 14.8 Å². The number of nitrogens with one attached hydrogen (secondary N) is 1. The van der Waals surface area contributed by atoms with E-state index in [9.17, 15) is 8.42 Å². The molecule has 0 aliphatic carbocycles. The standard InChI is InChI=1S/C11H14ClN3O3S/c12-9-1-3-10(4-2-9)19(16,17)14-11(13)15-5-7-18-8-6-15/h1-4H,5-8H2,(H2,13,14)/p+1. The van der Waals surface area contributed by atoms with Gasteiger partial charge in [-0.3, -0.25) is 10.3 Å². The summed E-state index contributed by atoms with van der Waals surface area (Å²) in [7, 11) is -3.68. The van der Waals surface area contributed by atoms with Gasteiger partial charge in [-0.2, -0.15) is 13.1 Å². The summed E-state index contributed by atoms with van der Waals surface area (Å²) in [6.07, 6.45) is 0. The van der Waals surface area contributed by atoms with Crippen molar-refractivity contribution in [2.45, 2.75) is 4.90 Å². The van der Waals surface area contributed by atoms with Gasteiger partial charge in [0.1, 0.15) is 4.90 Å². The van der Waals surface area contributed by atoms with Crippen molar-refractivity contribution >= 4 is 27.6 Å². The van der Waals surface area contributed by atoms with Crippen LogP contribution in [0.2, 0.25) is 5.02 Å². The summed E-state index contributed by atoms with van der Waals surface area (Å²) in [5, 5.41) is 0.476. The lowest BCUT2D eigenvalue weighted by molar-refractivity contribution is -0.551. The fourth-order valence-electron chi connectivity index (χ4n) is 1.68. The molecule has 0 unspecified atom stereocenters. The molecular weight excluding hydrogens is 290 g/mol. The quantitative estimate of drug-likeness (QED) is 0.594. The molecule has 0 radical (unpaired) electrons. The Bertz CT molecular complexity index is 576. The van der Waals surface area contributed by atoms with E-state index in [0.717, 1.165) is 0 Å². The van der Waals surface area contributed by atoms with Gasteiger partial charge >= 0.3 is 16.0 Å². The molecule has 3 N–H and O–H groups in total. The number of rotatable bonds is 2. The zero-order valence-electron chi connectivity index (χ0n) is 10.2. The van der Waals surface area contributed by atoms with Crippen molar-refractivity contribution in [3.05, 3.63) is 29.3 Å². The third-order valence-electron chi connectivity index (χ3n) is 2.71. The van der Waals surface area contributed by atoms with E-state index in [4.69, 9.17) is 22.1 Å². The monoisotopic (exact) mass is 304 g/mol. The van der Waals surface area contributed by atoms with Gasteiger partial charge in [-0.1, -0.05) is 11.6 Å². The molecule has 1 aliphatic heterocycles.